The van der Waals surface area contributed by atoms with Crippen LogP contribution in [0.25, 0.3) is 15.8 Å². The van der Waals surface area contributed by atoms with Gasteiger partial charge >= 0.3 is 11.8 Å². The van der Waals surface area contributed by atoms with Crippen molar-refractivity contribution < 1.29 is 19.1 Å². The summed E-state index contributed by atoms with van der Waals surface area (Å²) in [5, 5.41) is 3.66. The highest BCUT2D eigenvalue weighted by Gasteiger charge is 2.26. The summed E-state index contributed by atoms with van der Waals surface area (Å²) >= 11 is 1.82. The molecule has 11 heteroatoms. The first kappa shape index (κ1) is 29.2. The molecule has 1 unspecified atom stereocenters. The van der Waals surface area contributed by atoms with E-state index in [1.165, 1.54) is 45.1 Å². The third-order valence-electron chi connectivity index (χ3n) is 7.02. The number of nitrogens with two attached hydrogens (primary N) is 1. The van der Waals surface area contributed by atoms with Crippen LogP contribution < -0.4 is 15.8 Å². The molecule has 10 nitrogen and oxygen atoms in total. The molecule has 0 bridgehead atoms. The molecule has 2 aliphatic rings. The highest BCUT2D eigenvalue weighted by Crippen LogP contribution is 2.32. The molecular weight excluding hydrogens is 528 g/mol. The van der Waals surface area contributed by atoms with Gasteiger partial charge in [-0.05, 0) is 62.9 Å². The zero-order valence-electron chi connectivity index (χ0n) is 23.4. The van der Waals surface area contributed by atoms with E-state index in [-0.39, 0.29) is 17.1 Å². The number of amides is 3. The number of aromatic nitrogens is 2. The van der Waals surface area contributed by atoms with Crippen molar-refractivity contribution in [1.29, 1.82) is 0 Å². The zero-order valence-corrected chi connectivity index (χ0v) is 24.2. The minimum Gasteiger partial charge on any atom is -0.480 e. The Morgan fingerprint density at radius 1 is 1.20 bits per heavy atom. The van der Waals surface area contributed by atoms with Gasteiger partial charge in [0.2, 0.25) is 5.88 Å². The third kappa shape index (κ3) is 7.02. The molecule has 3 amide bonds. The summed E-state index contributed by atoms with van der Waals surface area (Å²) in [5.41, 5.74) is 9.54. The number of nitrogens with zero attached hydrogens (tertiary/aromatic N) is 4. The number of likely N-dealkylation sites (tertiary alicyclic amines) is 1. The topological polar surface area (TPSA) is 131 Å². The summed E-state index contributed by atoms with van der Waals surface area (Å²) in [7, 11) is 3.53. The summed E-state index contributed by atoms with van der Waals surface area (Å²) in [6.07, 6.45) is 4.36. The van der Waals surface area contributed by atoms with Crippen molar-refractivity contribution >= 4 is 50.5 Å². The van der Waals surface area contributed by atoms with Gasteiger partial charge in [0.1, 0.15) is 10.6 Å². The van der Waals surface area contributed by atoms with Crippen molar-refractivity contribution in [2.75, 3.05) is 45.7 Å². The second-order valence-corrected chi connectivity index (χ2v) is 11.4. The Hall–Kier alpha value is -3.83. The smallest absolute Gasteiger partial charge is 0.313 e. The van der Waals surface area contributed by atoms with E-state index < -0.39 is 17.7 Å². The largest absolute Gasteiger partial charge is 0.480 e. The van der Waals surface area contributed by atoms with Crippen LogP contribution in [-0.4, -0.2) is 77.8 Å². The fraction of sp³-hybridized carbons (Fsp3) is 0.414. The molecule has 0 aliphatic carbocycles. The van der Waals surface area contributed by atoms with Crippen molar-refractivity contribution in [2.45, 2.75) is 33.1 Å². The predicted molar refractivity (Wildman–Crippen MR) is 157 cm³/mol. The minimum atomic E-state index is -0.763. The predicted octanol–water partition coefficient (Wildman–Crippen LogP) is 3.79. The number of thiazole rings is 1. The Bertz CT molecular complexity index is 1400. The average molecular weight is 565 g/mol. The van der Waals surface area contributed by atoms with Crippen LogP contribution >= 0.6 is 11.3 Å². The first-order valence-electron chi connectivity index (χ1n) is 13.3. The number of rotatable bonds is 4. The molecule has 3 aromatic rings. The van der Waals surface area contributed by atoms with Crippen LogP contribution in [0.5, 0.6) is 5.88 Å². The fourth-order valence-electron chi connectivity index (χ4n) is 4.95. The first-order chi connectivity index (χ1) is 19.2. The van der Waals surface area contributed by atoms with Gasteiger partial charge in [0.15, 0.2) is 0 Å². The molecule has 3 N–H and O–H groups in total. The molecule has 1 fully saturated rings. The van der Waals surface area contributed by atoms with Crippen molar-refractivity contribution in [3.8, 4) is 5.88 Å². The summed E-state index contributed by atoms with van der Waals surface area (Å²) in [5.74, 6) is -1.65. The Morgan fingerprint density at radius 2 is 1.98 bits per heavy atom. The number of piperidine rings is 1. The fourth-order valence-corrected chi connectivity index (χ4v) is 6.06. The van der Waals surface area contributed by atoms with Gasteiger partial charge < -0.3 is 25.6 Å². The molecule has 0 saturated carbocycles. The number of para-hydroxylation sites is 1. The van der Waals surface area contributed by atoms with Crippen LogP contribution in [-0.2, 0) is 9.59 Å². The van der Waals surface area contributed by atoms with Crippen molar-refractivity contribution in [1.82, 2.24) is 19.8 Å². The van der Waals surface area contributed by atoms with E-state index in [1.54, 1.807) is 0 Å². The van der Waals surface area contributed by atoms with E-state index in [0.29, 0.717) is 19.0 Å². The number of carbonyl (C=O) groups excluding carboxylic acids is 3. The number of nitrogens with one attached hydrogen (secondary N) is 1. The second kappa shape index (κ2) is 13.0. The maximum Gasteiger partial charge on any atom is 0.313 e. The summed E-state index contributed by atoms with van der Waals surface area (Å²) in [6, 6.07) is 9.72. The van der Waals surface area contributed by atoms with E-state index >= 15 is 0 Å². The number of primary amides is 1. The standard InChI is InChI=1S/C15H20N4O4.C14H16N2S/c1-9-4-3-5-19(8-9)15(22)13(21)18-10-6-11(12(16)20)14(23-2)17-7-10;1-10-9-16(2)8-7-11(10)14-15-12-5-3-4-6-13(12)17-14/h6-7,9H,3-5,8H2,1-2H3,(H2,16,20)(H,18,21);3-6H,7-9H2,1-2H3. The molecule has 2 aliphatic heterocycles. The lowest BCUT2D eigenvalue weighted by Gasteiger charge is -2.30. The van der Waals surface area contributed by atoms with Crippen LogP contribution in [0.2, 0.25) is 0 Å². The van der Waals surface area contributed by atoms with Crippen LogP contribution in [0, 0.1) is 5.92 Å². The van der Waals surface area contributed by atoms with Crippen LogP contribution in [0.1, 0.15) is 48.5 Å². The monoisotopic (exact) mass is 564 g/mol. The maximum atomic E-state index is 12.2. The lowest BCUT2D eigenvalue weighted by Crippen LogP contribution is -2.44. The van der Waals surface area contributed by atoms with Crippen molar-refractivity contribution in [3.05, 3.63) is 52.7 Å². The van der Waals surface area contributed by atoms with E-state index in [2.05, 4.69) is 53.4 Å². The van der Waals surface area contributed by atoms with Crippen LogP contribution in [0.4, 0.5) is 5.69 Å². The second-order valence-electron chi connectivity index (χ2n) is 10.3. The summed E-state index contributed by atoms with van der Waals surface area (Å²) in [6.45, 7) is 7.64. The number of ether oxygens (including phenoxy) is 1. The number of carbonyl (C=O) groups is 3. The first-order valence-corrected chi connectivity index (χ1v) is 14.1. The molecule has 0 radical (unpaired) electrons. The van der Waals surface area contributed by atoms with Gasteiger partial charge in [-0.15, -0.1) is 11.3 Å². The normalized spacial score (nSPS) is 17.7. The molecule has 4 heterocycles. The Labute approximate surface area is 238 Å². The lowest BCUT2D eigenvalue weighted by atomic mass is 10.0. The minimum absolute atomic E-state index is 0.0318. The number of hydrogen-bond acceptors (Lipinski definition) is 8. The highest BCUT2D eigenvalue weighted by atomic mass is 32.1. The van der Waals surface area contributed by atoms with Gasteiger partial charge in [0.25, 0.3) is 5.91 Å². The Morgan fingerprint density at radius 3 is 2.65 bits per heavy atom. The number of hydrogen-bond donors (Lipinski definition) is 2. The van der Waals surface area contributed by atoms with Crippen molar-refractivity contribution in [3.63, 3.8) is 0 Å². The third-order valence-corrected chi connectivity index (χ3v) is 8.12. The van der Waals surface area contributed by atoms with Gasteiger partial charge in [-0.25, -0.2) is 9.97 Å². The summed E-state index contributed by atoms with van der Waals surface area (Å²) in [4.78, 5) is 48.1. The van der Waals surface area contributed by atoms with Gasteiger partial charge in [0, 0.05) is 26.2 Å². The van der Waals surface area contributed by atoms with Gasteiger partial charge in [-0.2, -0.15) is 0 Å². The number of anilines is 1. The molecule has 40 heavy (non-hydrogen) atoms. The number of fused-ring (bicyclic) bond motifs is 1. The molecule has 0 spiro atoms. The van der Waals surface area contributed by atoms with Gasteiger partial charge in [-0.1, -0.05) is 24.6 Å². The molecular formula is C29H36N6O4S. The maximum absolute atomic E-state index is 12.2. The van der Waals surface area contributed by atoms with E-state index in [4.69, 9.17) is 15.5 Å². The highest BCUT2D eigenvalue weighted by molar-refractivity contribution is 7.19. The Balaban J connectivity index is 0.000000192. The quantitative estimate of drug-likeness (QED) is 0.461. The molecule has 5 rings (SSSR count). The van der Waals surface area contributed by atoms with Crippen LogP contribution in [0.3, 0.4) is 0 Å². The molecule has 212 valence electrons. The molecule has 1 aromatic carbocycles. The molecule has 2 aromatic heterocycles. The van der Waals surface area contributed by atoms with Gasteiger partial charge in [-0.3, -0.25) is 14.4 Å². The Kier molecular flexibility index (Phi) is 9.49. The molecule has 1 atom stereocenters. The number of pyridine rings is 1. The van der Waals surface area contributed by atoms with Gasteiger partial charge in [0.05, 0.1) is 29.2 Å². The lowest BCUT2D eigenvalue weighted by molar-refractivity contribution is -0.144. The number of methoxy groups -OCH3 is 1. The van der Waals surface area contributed by atoms with Crippen LogP contribution in [0.15, 0.2) is 42.1 Å². The van der Waals surface area contributed by atoms with E-state index in [9.17, 15) is 14.4 Å². The molecule has 1 saturated heterocycles. The summed E-state index contributed by atoms with van der Waals surface area (Å²) < 4.78 is 6.21. The van der Waals surface area contributed by atoms with E-state index in [0.717, 1.165) is 37.9 Å². The average Bonchev–Trinajstić information content (AvgIpc) is 3.37. The zero-order chi connectivity index (χ0) is 28.8. The SMILES string of the molecule is CC1=C(c2nc3ccccc3s2)CCN(C)C1.COc1ncc(NC(=O)C(=O)N2CCCC(C)C2)cc1C(N)=O. The van der Waals surface area contributed by atoms with E-state index in [1.807, 2.05) is 18.3 Å². The van der Waals surface area contributed by atoms with Crippen molar-refractivity contribution in [2.24, 2.45) is 11.7 Å². The number of likely N-dealkylation sites (N-methyl/N-ethyl adjacent to an activating group) is 1. The number of benzene rings is 1.